The van der Waals surface area contributed by atoms with E-state index in [0.29, 0.717) is 45.3 Å². The van der Waals surface area contributed by atoms with Crippen molar-refractivity contribution in [2.24, 2.45) is 0 Å². The molecular weight excluding hydrogens is 384 g/mol. The van der Waals surface area contributed by atoms with Crippen LogP contribution in [0.4, 0.5) is 0 Å². The number of ketones is 2. The minimum Gasteiger partial charge on any atom is -0.454 e. The monoisotopic (exact) mass is 396 g/mol. The summed E-state index contributed by atoms with van der Waals surface area (Å²) >= 11 is 0. The van der Waals surface area contributed by atoms with Crippen LogP contribution in [0.2, 0.25) is 0 Å². The molecule has 3 aliphatic rings. The van der Waals surface area contributed by atoms with E-state index in [4.69, 9.17) is 18.9 Å². The molecule has 6 nitrogen and oxygen atoms in total. The number of benzene rings is 4. The Morgan fingerprint density at radius 1 is 0.433 bits per heavy atom. The molecule has 7 rings (SSSR count). The van der Waals surface area contributed by atoms with Crippen molar-refractivity contribution in [3.63, 3.8) is 0 Å². The zero-order valence-electron chi connectivity index (χ0n) is 15.5. The Morgan fingerprint density at radius 3 is 0.967 bits per heavy atom. The lowest BCUT2D eigenvalue weighted by Crippen LogP contribution is -2.20. The van der Waals surface area contributed by atoms with Gasteiger partial charge in [-0.15, -0.1) is 0 Å². The second-order valence-corrected chi connectivity index (χ2v) is 7.56. The van der Waals surface area contributed by atoms with Gasteiger partial charge in [-0.1, -0.05) is 0 Å². The summed E-state index contributed by atoms with van der Waals surface area (Å²) in [6.45, 7) is 0.331. The first-order valence-corrected chi connectivity index (χ1v) is 9.50. The van der Waals surface area contributed by atoms with Gasteiger partial charge in [0.15, 0.2) is 34.6 Å². The molecule has 0 bridgehead atoms. The normalized spacial score (nSPS) is 15.6. The molecule has 30 heavy (non-hydrogen) atoms. The van der Waals surface area contributed by atoms with Crippen LogP contribution in [0.5, 0.6) is 23.0 Å². The highest BCUT2D eigenvalue weighted by Gasteiger charge is 2.31. The molecule has 0 saturated heterocycles. The summed E-state index contributed by atoms with van der Waals surface area (Å²) in [6, 6.07) is 14.4. The van der Waals surface area contributed by atoms with Gasteiger partial charge in [-0.25, -0.2) is 0 Å². The van der Waals surface area contributed by atoms with Crippen LogP contribution in [0.15, 0.2) is 48.5 Å². The van der Waals surface area contributed by atoms with Crippen molar-refractivity contribution in [3.05, 3.63) is 70.8 Å². The SMILES string of the molecule is O=C1c2cc3cc4c(cc3cc2C(=O)c2cc3cc5c(cc3cc21)OCO5)OCO4. The van der Waals surface area contributed by atoms with Gasteiger partial charge in [0.2, 0.25) is 13.6 Å². The van der Waals surface area contributed by atoms with Crippen LogP contribution in [0.1, 0.15) is 31.8 Å². The zero-order chi connectivity index (χ0) is 20.0. The summed E-state index contributed by atoms with van der Waals surface area (Å²) in [5, 5.41) is 3.30. The highest BCUT2D eigenvalue weighted by atomic mass is 16.7. The average molecular weight is 396 g/mol. The lowest BCUT2D eigenvalue weighted by Gasteiger charge is -2.19. The molecule has 6 heteroatoms. The van der Waals surface area contributed by atoms with Crippen LogP contribution in [0, 0.1) is 0 Å². The van der Waals surface area contributed by atoms with E-state index >= 15 is 0 Å². The average Bonchev–Trinajstić information content (AvgIpc) is 3.40. The third kappa shape index (κ3) is 1.97. The van der Waals surface area contributed by atoms with Gasteiger partial charge >= 0.3 is 0 Å². The maximum atomic E-state index is 13.3. The van der Waals surface area contributed by atoms with Crippen molar-refractivity contribution in [3.8, 4) is 23.0 Å². The molecule has 2 aliphatic heterocycles. The van der Waals surface area contributed by atoms with E-state index in [2.05, 4.69) is 0 Å². The van der Waals surface area contributed by atoms with Gasteiger partial charge in [0, 0.05) is 22.3 Å². The Morgan fingerprint density at radius 2 is 0.700 bits per heavy atom. The van der Waals surface area contributed by atoms with Crippen LogP contribution in [0.3, 0.4) is 0 Å². The van der Waals surface area contributed by atoms with Crippen molar-refractivity contribution < 1.29 is 28.5 Å². The summed E-state index contributed by atoms with van der Waals surface area (Å²) in [5.41, 5.74) is 1.61. The highest BCUT2D eigenvalue weighted by molar-refractivity contribution is 6.30. The van der Waals surface area contributed by atoms with Crippen LogP contribution >= 0.6 is 0 Å². The van der Waals surface area contributed by atoms with Crippen molar-refractivity contribution in [1.82, 2.24) is 0 Å². The molecule has 0 aromatic heterocycles. The maximum Gasteiger partial charge on any atom is 0.231 e. The van der Waals surface area contributed by atoms with Gasteiger partial charge in [0.05, 0.1) is 0 Å². The first-order chi connectivity index (χ1) is 14.7. The zero-order valence-corrected chi connectivity index (χ0v) is 15.5. The molecule has 2 heterocycles. The molecule has 0 radical (unpaired) electrons. The van der Waals surface area contributed by atoms with Crippen LogP contribution in [-0.4, -0.2) is 25.2 Å². The van der Waals surface area contributed by atoms with E-state index in [1.54, 1.807) is 24.3 Å². The van der Waals surface area contributed by atoms with Crippen LogP contribution in [0.25, 0.3) is 21.5 Å². The third-order valence-corrected chi connectivity index (χ3v) is 5.91. The minimum atomic E-state index is -0.168. The lowest BCUT2D eigenvalue weighted by atomic mass is 9.81. The largest absolute Gasteiger partial charge is 0.454 e. The Labute approximate surface area is 169 Å². The fourth-order valence-electron chi connectivity index (χ4n) is 4.42. The fourth-order valence-corrected chi connectivity index (χ4v) is 4.42. The summed E-state index contributed by atoms with van der Waals surface area (Å²) in [4.78, 5) is 26.7. The van der Waals surface area contributed by atoms with Gasteiger partial charge in [-0.3, -0.25) is 9.59 Å². The Kier molecular flexibility index (Phi) is 2.79. The summed E-state index contributed by atoms with van der Waals surface area (Å²) in [6.07, 6.45) is 0. The summed E-state index contributed by atoms with van der Waals surface area (Å²) in [7, 11) is 0. The van der Waals surface area contributed by atoms with E-state index in [0.717, 1.165) is 21.5 Å². The smallest absolute Gasteiger partial charge is 0.231 e. The second-order valence-electron chi connectivity index (χ2n) is 7.56. The number of hydrogen-bond acceptors (Lipinski definition) is 6. The molecule has 0 unspecified atom stereocenters. The molecule has 0 N–H and O–H groups in total. The Balaban J connectivity index is 1.46. The van der Waals surface area contributed by atoms with Gasteiger partial charge < -0.3 is 18.9 Å². The standard InChI is InChI=1S/C24H12O6/c25-23-15-1-11-5-19-20(28-9-27-19)6-12(11)2-16(15)24(26)18-4-14-8-22-21(29-10-30-22)7-13(14)3-17(18)23/h1-8H,9-10H2. The first-order valence-electron chi connectivity index (χ1n) is 9.50. The van der Waals surface area contributed by atoms with Gasteiger partial charge in [0.25, 0.3) is 0 Å². The number of hydrogen-bond donors (Lipinski definition) is 0. The Hall–Kier alpha value is -4.06. The Bertz CT molecular complexity index is 1260. The van der Waals surface area contributed by atoms with Crippen LogP contribution in [-0.2, 0) is 0 Å². The highest BCUT2D eigenvalue weighted by Crippen LogP contribution is 2.41. The predicted molar refractivity (Wildman–Crippen MR) is 107 cm³/mol. The number of rotatable bonds is 0. The molecule has 144 valence electrons. The van der Waals surface area contributed by atoms with E-state index < -0.39 is 0 Å². The number of fused-ring (bicyclic) bond motifs is 6. The molecule has 4 aromatic carbocycles. The minimum absolute atomic E-state index is 0.165. The van der Waals surface area contributed by atoms with Gasteiger partial charge in [0.1, 0.15) is 0 Å². The van der Waals surface area contributed by atoms with E-state index in [1.807, 2.05) is 24.3 Å². The molecule has 0 fully saturated rings. The van der Waals surface area contributed by atoms with Crippen molar-refractivity contribution >= 4 is 33.1 Å². The van der Waals surface area contributed by atoms with Crippen molar-refractivity contribution in [1.29, 1.82) is 0 Å². The first kappa shape index (κ1) is 15.8. The molecule has 0 saturated carbocycles. The lowest BCUT2D eigenvalue weighted by molar-refractivity contribution is 0.0979. The number of carbonyl (C=O) groups excluding carboxylic acids is 2. The second kappa shape index (κ2) is 5.30. The fraction of sp³-hybridized carbons (Fsp3) is 0.0833. The number of carbonyl (C=O) groups is 2. The molecule has 4 aromatic rings. The van der Waals surface area contributed by atoms with Crippen molar-refractivity contribution in [2.75, 3.05) is 13.6 Å². The van der Waals surface area contributed by atoms with E-state index in [-0.39, 0.29) is 25.2 Å². The molecule has 0 amide bonds. The van der Waals surface area contributed by atoms with Gasteiger partial charge in [-0.05, 0) is 70.1 Å². The topological polar surface area (TPSA) is 71.1 Å². The molecular formula is C24H12O6. The predicted octanol–water partition coefficient (Wildman–Crippen LogP) is 4.23. The van der Waals surface area contributed by atoms with E-state index in [9.17, 15) is 9.59 Å². The quantitative estimate of drug-likeness (QED) is 0.390. The maximum absolute atomic E-state index is 13.3. The van der Waals surface area contributed by atoms with Crippen molar-refractivity contribution in [2.45, 2.75) is 0 Å². The van der Waals surface area contributed by atoms with Crippen LogP contribution < -0.4 is 18.9 Å². The third-order valence-electron chi connectivity index (χ3n) is 5.91. The molecule has 0 spiro atoms. The van der Waals surface area contributed by atoms with E-state index in [1.165, 1.54) is 0 Å². The summed E-state index contributed by atoms with van der Waals surface area (Å²) < 4.78 is 21.8. The number of ether oxygens (including phenoxy) is 4. The molecule has 0 atom stereocenters. The molecule has 1 aliphatic carbocycles. The van der Waals surface area contributed by atoms with Gasteiger partial charge in [-0.2, -0.15) is 0 Å². The summed E-state index contributed by atoms with van der Waals surface area (Å²) in [5.74, 6) is 2.22.